The van der Waals surface area contributed by atoms with Crippen LogP contribution in [-0.2, 0) is 40.1 Å². The van der Waals surface area contributed by atoms with Gasteiger partial charge in [0.05, 0.1) is 46.1 Å². The van der Waals surface area contributed by atoms with Gasteiger partial charge in [0.15, 0.2) is 0 Å². The zero-order valence-corrected chi connectivity index (χ0v) is 21.0. The zero-order valence-electron chi connectivity index (χ0n) is 21.0. The second-order valence-electron chi connectivity index (χ2n) is 8.55. The summed E-state index contributed by atoms with van der Waals surface area (Å²) in [5, 5.41) is 16.9. The van der Waals surface area contributed by atoms with E-state index in [-0.39, 0.29) is 76.2 Å². The van der Waals surface area contributed by atoms with Crippen LogP contribution in [0, 0.1) is 5.92 Å². The van der Waals surface area contributed by atoms with E-state index in [0.717, 1.165) is 4.90 Å². The van der Waals surface area contributed by atoms with E-state index in [2.05, 4.69) is 16.0 Å². The van der Waals surface area contributed by atoms with E-state index < -0.39 is 17.9 Å². The van der Waals surface area contributed by atoms with E-state index >= 15 is 0 Å². The van der Waals surface area contributed by atoms with Crippen molar-refractivity contribution in [3.05, 3.63) is 42.0 Å². The molecule has 0 aromatic heterocycles. The molecule has 1 aliphatic heterocycles. The summed E-state index contributed by atoms with van der Waals surface area (Å²) in [7, 11) is 0. The summed E-state index contributed by atoms with van der Waals surface area (Å²) in [5.74, 6) is -2.22. The topological polar surface area (TPSA) is 163 Å². The lowest BCUT2D eigenvalue weighted by Crippen LogP contribution is -2.51. The van der Waals surface area contributed by atoms with Gasteiger partial charge < -0.3 is 30.5 Å². The molecule has 202 valence electrons. The van der Waals surface area contributed by atoms with Crippen molar-refractivity contribution < 1.29 is 38.6 Å². The van der Waals surface area contributed by atoms with Crippen molar-refractivity contribution >= 4 is 35.2 Å². The minimum Gasteiger partial charge on any atom is -0.392 e. The number of imide groups is 1. The number of benzene rings is 1. The molecular formula is C25H34N4O8. The fraction of sp³-hybridized carbons (Fsp3) is 0.480. The van der Waals surface area contributed by atoms with Crippen LogP contribution in [0.3, 0.4) is 0 Å². The Bertz CT molecular complexity index is 959. The first-order valence-corrected chi connectivity index (χ1v) is 12.0. The van der Waals surface area contributed by atoms with E-state index in [4.69, 9.17) is 14.6 Å². The van der Waals surface area contributed by atoms with Crippen molar-refractivity contribution in [3.8, 4) is 0 Å². The number of rotatable bonds is 16. The van der Waals surface area contributed by atoms with Gasteiger partial charge in [0.25, 0.3) is 11.8 Å². The molecule has 1 aliphatic rings. The lowest BCUT2D eigenvalue weighted by molar-refractivity contribution is -0.137. The maximum absolute atomic E-state index is 12.5. The number of anilines is 1. The monoisotopic (exact) mass is 518 g/mol. The van der Waals surface area contributed by atoms with Crippen LogP contribution in [0.25, 0.3) is 0 Å². The van der Waals surface area contributed by atoms with Gasteiger partial charge in [0, 0.05) is 24.3 Å². The fourth-order valence-corrected chi connectivity index (χ4v) is 3.25. The van der Waals surface area contributed by atoms with E-state index in [1.807, 2.05) is 0 Å². The third-order valence-electron chi connectivity index (χ3n) is 5.31. The van der Waals surface area contributed by atoms with Crippen molar-refractivity contribution in [2.24, 2.45) is 5.92 Å². The van der Waals surface area contributed by atoms with Crippen molar-refractivity contribution in [3.63, 3.8) is 0 Å². The highest BCUT2D eigenvalue weighted by Gasteiger charge is 2.24. The molecular weight excluding hydrogens is 484 g/mol. The van der Waals surface area contributed by atoms with Gasteiger partial charge in [-0.3, -0.25) is 28.9 Å². The number of carbonyl (C=O) groups is 5. The molecule has 1 unspecified atom stereocenters. The number of carbonyl (C=O) groups excluding carboxylic acids is 5. The Morgan fingerprint density at radius 3 is 2.14 bits per heavy atom. The van der Waals surface area contributed by atoms with Crippen molar-refractivity contribution in [1.29, 1.82) is 0 Å². The predicted octanol–water partition coefficient (Wildman–Crippen LogP) is -0.277. The van der Waals surface area contributed by atoms with E-state index in [1.165, 1.54) is 12.2 Å². The summed E-state index contributed by atoms with van der Waals surface area (Å²) in [4.78, 5) is 60.8. The quantitative estimate of drug-likeness (QED) is 0.172. The first kappa shape index (κ1) is 29.6. The molecule has 4 N–H and O–H groups in total. The molecule has 0 bridgehead atoms. The fourth-order valence-electron chi connectivity index (χ4n) is 3.25. The van der Waals surface area contributed by atoms with Crippen molar-refractivity contribution in [2.75, 3.05) is 44.8 Å². The summed E-state index contributed by atoms with van der Waals surface area (Å²) in [6.45, 7) is 4.10. The number of amides is 5. The van der Waals surface area contributed by atoms with Gasteiger partial charge in [-0.05, 0) is 23.6 Å². The van der Waals surface area contributed by atoms with Gasteiger partial charge >= 0.3 is 0 Å². The first-order chi connectivity index (χ1) is 17.7. The Morgan fingerprint density at radius 2 is 1.54 bits per heavy atom. The Kier molecular flexibility index (Phi) is 12.4. The number of aliphatic hydroxyl groups is 1. The van der Waals surface area contributed by atoms with Crippen LogP contribution in [0.5, 0.6) is 0 Å². The normalized spacial score (nSPS) is 13.7. The van der Waals surface area contributed by atoms with Crippen LogP contribution in [0.15, 0.2) is 36.4 Å². The molecule has 12 nitrogen and oxygen atoms in total. The molecule has 2 rings (SSSR count). The molecule has 1 atom stereocenters. The third-order valence-corrected chi connectivity index (χ3v) is 5.31. The molecule has 0 aliphatic carbocycles. The number of nitrogens with one attached hydrogen (secondary N) is 3. The second kappa shape index (κ2) is 15.5. The minimum atomic E-state index is -0.821. The molecule has 0 saturated carbocycles. The van der Waals surface area contributed by atoms with Crippen molar-refractivity contribution in [2.45, 2.75) is 32.9 Å². The third kappa shape index (κ3) is 10.5. The molecule has 1 aromatic rings. The average molecular weight is 519 g/mol. The van der Waals surface area contributed by atoms with E-state index in [1.54, 1.807) is 38.1 Å². The average Bonchev–Trinajstić information content (AvgIpc) is 3.19. The van der Waals surface area contributed by atoms with Gasteiger partial charge in [0.1, 0.15) is 6.04 Å². The van der Waals surface area contributed by atoms with Crippen LogP contribution in [0.1, 0.15) is 25.8 Å². The molecule has 0 saturated heterocycles. The molecule has 12 heteroatoms. The minimum absolute atomic E-state index is 0.0310. The smallest absolute Gasteiger partial charge is 0.253 e. The van der Waals surface area contributed by atoms with Gasteiger partial charge in [-0.2, -0.15) is 0 Å². The van der Waals surface area contributed by atoms with Crippen LogP contribution in [0.4, 0.5) is 5.69 Å². The Balaban J connectivity index is 1.59. The number of aliphatic hydroxyl groups excluding tert-OH is 1. The summed E-state index contributed by atoms with van der Waals surface area (Å²) in [6.07, 6.45) is 2.45. The SMILES string of the molecule is CC(C)C(NC(=O)CCOCCOCCN1C(=O)C=CC1=O)C(=O)NCC(=O)Nc1ccc(CO)cc1. The Hall–Kier alpha value is -3.61. The second-order valence-corrected chi connectivity index (χ2v) is 8.55. The Morgan fingerprint density at radius 1 is 0.919 bits per heavy atom. The van der Waals surface area contributed by atoms with Gasteiger partial charge in [-0.15, -0.1) is 0 Å². The highest BCUT2D eigenvalue weighted by atomic mass is 16.5. The number of hydrogen-bond acceptors (Lipinski definition) is 8. The molecule has 37 heavy (non-hydrogen) atoms. The molecule has 1 heterocycles. The summed E-state index contributed by atoms with van der Waals surface area (Å²) >= 11 is 0. The Labute approximate surface area is 215 Å². The largest absolute Gasteiger partial charge is 0.392 e. The van der Waals surface area contributed by atoms with Crippen LogP contribution in [0.2, 0.25) is 0 Å². The summed E-state index contributed by atoms with van der Waals surface area (Å²) < 4.78 is 10.7. The summed E-state index contributed by atoms with van der Waals surface area (Å²) in [5.41, 5.74) is 1.24. The van der Waals surface area contributed by atoms with Gasteiger partial charge in [-0.1, -0.05) is 26.0 Å². The first-order valence-electron chi connectivity index (χ1n) is 12.0. The van der Waals surface area contributed by atoms with Crippen LogP contribution < -0.4 is 16.0 Å². The van der Waals surface area contributed by atoms with Crippen LogP contribution in [-0.4, -0.2) is 85.1 Å². The number of hydrogen-bond donors (Lipinski definition) is 4. The molecule has 5 amide bonds. The lowest BCUT2D eigenvalue weighted by Gasteiger charge is -2.21. The highest BCUT2D eigenvalue weighted by molar-refractivity contribution is 6.12. The predicted molar refractivity (Wildman–Crippen MR) is 133 cm³/mol. The van der Waals surface area contributed by atoms with E-state index in [0.29, 0.717) is 11.3 Å². The molecule has 0 spiro atoms. The summed E-state index contributed by atoms with van der Waals surface area (Å²) in [6, 6.07) is 5.82. The number of nitrogens with zero attached hydrogens (tertiary/aromatic N) is 1. The molecule has 1 aromatic carbocycles. The lowest BCUT2D eigenvalue weighted by atomic mass is 10.0. The standard InChI is InChI=1S/C25H34N4O8/c1-17(2)24(25(35)26-15-21(32)27-19-5-3-18(16-30)4-6-19)28-20(31)9-11-36-13-14-37-12-10-29-22(33)7-8-23(29)34/h3-8,17,24,30H,9-16H2,1-2H3,(H,26,35)(H,27,32)(H,28,31). The van der Waals surface area contributed by atoms with Gasteiger partial charge in [0.2, 0.25) is 17.7 Å². The highest BCUT2D eigenvalue weighted by Crippen LogP contribution is 2.09. The maximum atomic E-state index is 12.5. The molecule has 0 fully saturated rings. The van der Waals surface area contributed by atoms with E-state index in [9.17, 15) is 24.0 Å². The van der Waals surface area contributed by atoms with Gasteiger partial charge in [-0.25, -0.2) is 0 Å². The maximum Gasteiger partial charge on any atom is 0.253 e. The number of ether oxygens (including phenoxy) is 2. The zero-order chi connectivity index (χ0) is 27.2. The van der Waals surface area contributed by atoms with Crippen molar-refractivity contribution in [1.82, 2.24) is 15.5 Å². The van der Waals surface area contributed by atoms with Crippen LogP contribution >= 0.6 is 0 Å². The molecule has 0 radical (unpaired) electrons.